The zero-order valence-corrected chi connectivity index (χ0v) is 8.63. The van der Waals surface area contributed by atoms with E-state index in [9.17, 15) is 0 Å². The fourth-order valence-corrected chi connectivity index (χ4v) is 1.72. The first kappa shape index (κ1) is 8.10. The van der Waals surface area contributed by atoms with Crippen LogP contribution in [-0.2, 0) is 0 Å². The second-order valence-electron chi connectivity index (χ2n) is 3.31. The average Bonchev–Trinajstić information content (AvgIpc) is 2.15. The molecule has 2 rings (SSSR count). The predicted molar refractivity (Wildman–Crippen MR) is 52.0 cm³/mol. The highest BCUT2D eigenvalue weighted by molar-refractivity contribution is 9.10. The molecule has 0 aromatic carbocycles. The van der Waals surface area contributed by atoms with Crippen molar-refractivity contribution in [3.63, 3.8) is 0 Å². The summed E-state index contributed by atoms with van der Waals surface area (Å²) in [5.41, 5.74) is 6.85. The van der Waals surface area contributed by atoms with Crippen molar-refractivity contribution in [2.45, 2.75) is 32.2 Å². The van der Waals surface area contributed by atoms with Gasteiger partial charge in [-0.3, -0.25) is 0 Å². The minimum Gasteiger partial charge on any atom is -0.383 e. The van der Waals surface area contributed by atoms with Crippen LogP contribution in [0.15, 0.2) is 4.47 Å². The molecule has 1 fully saturated rings. The smallest absolute Gasteiger partial charge is 0.136 e. The Labute approximate surface area is 80.1 Å². The number of aryl methyl sites for hydroxylation is 1. The molecule has 0 saturated heterocycles. The van der Waals surface area contributed by atoms with Crippen molar-refractivity contribution in [3.05, 3.63) is 10.2 Å². The number of aromatic nitrogens is 2. The van der Waals surface area contributed by atoms with Gasteiger partial charge in [-0.15, -0.1) is 0 Å². The number of hydrogen-bond donors (Lipinski definition) is 1. The maximum absolute atomic E-state index is 5.87. The Kier molecular flexibility index (Phi) is 1.87. The quantitative estimate of drug-likeness (QED) is 0.804. The standard InChI is InChI=1S/C8H12BrN3/c1-5-7(9)8(10)12(11-5)6-3-2-4-6/h6H,2-4,10H2,1H3. The van der Waals surface area contributed by atoms with Crippen LogP contribution in [0.1, 0.15) is 31.0 Å². The van der Waals surface area contributed by atoms with Crippen LogP contribution in [0.2, 0.25) is 0 Å². The van der Waals surface area contributed by atoms with Gasteiger partial charge in [0, 0.05) is 0 Å². The van der Waals surface area contributed by atoms with Crippen LogP contribution < -0.4 is 5.73 Å². The topological polar surface area (TPSA) is 43.8 Å². The van der Waals surface area contributed by atoms with Gasteiger partial charge < -0.3 is 5.73 Å². The van der Waals surface area contributed by atoms with Crippen LogP contribution in [0.5, 0.6) is 0 Å². The maximum atomic E-state index is 5.87. The van der Waals surface area contributed by atoms with Gasteiger partial charge in [0.25, 0.3) is 0 Å². The van der Waals surface area contributed by atoms with E-state index in [4.69, 9.17) is 5.73 Å². The van der Waals surface area contributed by atoms with Gasteiger partial charge >= 0.3 is 0 Å². The number of hydrogen-bond acceptors (Lipinski definition) is 2. The Morgan fingerprint density at radius 1 is 1.58 bits per heavy atom. The molecule has 0 radical (unpaired) electrons. The average molecular weight is 230 g/mol. The Morgan fingerprint density at radius 3 is 2.58 bits per heavy atom. The fraction of sp³-hybridized carbons (Fsp3) is 0.625. The minimum absolute atomic E-state index is 0.551. The van der Waals surface area contributed by atoms with Crippen molar-refractivity contribution in [1.29, 1.82) is 0 Å². The lowest BCUT2D eigenvalue weighted by Gasteiger charge is -2.26. The van der Waals surface area contributed by atoms with Gasteiger partial charge in [-0.05, 0) is 42.1 Å². The first-order valence-electron chi connectivity index (χ1n) is 4.20. The number of nitrogens with zero attached hydrogens (tertiary/aromatic N) is 2. The first-order chi connectivity index (χ1) is 5.70. The lowest BCUT2D eigenvalue weighted by atomic mass is 9.93. The van der Waals surface area contributed by atoms with E-state index in [1.54, 1.807) is 0 Å². The second kappa shape index (κ2) is 2.76. The Hall–Kier alpha value is -0.510. The Morgan fingerprint density at radius 2 is 2.25 bits per heavy atom. The molecule has 0 unspecified atom stereocenters. The molecular weight excluding hydrogens is 218 g/mol. The highest BCUT2D eigenvalue weighted by atomic mass is 79.9. The zero-order chi connectivity index (χ0) is 8.72. The van der Waals surface area contributed by atoms with E-state index in [1.165, 1.54) is 19.3 Å². The van der Waals surface area contributed by atoms with Crippen molar-refractivity contribution in [1.82, 2.24) is 9.78 Å². The molecular formula is C8H12BrN3. The van der Waals surface area contributed by atoms with E-state index in [-0.39, 0.29) is 0 Å². The summed E-state index contributed by atoms with van der Waals surface area (Å²) in [4.78, 5) is 0. The largest absolute Gasteiger partial charge is 0.383 e. The summed E-state index contributed by atoms with van der Waals surface area (Å²) in [5.74, 6) is 0.775. The van der Waals surface area contributed by atoms with Gasteiger partial charge in [0.1, 0.15) is 5.82 Å². The maximum Gasteiger partial charge on any atom is 0.136 e. The van der Waals surface area contributed by atoms with Crippen LogP contribution in [0, 0.1) is 6.92 Å². The summed E-state index contributed by atoms with van der Waals surface area (Å²) in [5, 5.41) is 4.38. The normalized spacial score (nSPS) is 17.8. The molecule has 0 atom stereocenters. The summed E-state index contributed by atoms with van der Waals surface area (Å²) in [7, 11) is 0. The zero-order valence-electron chi connectivity index (χ0n) is 7.05. The van der Waals surface area contributed by atoms with Gasteiger partial charge in [-0.2, -0.15) is 5.10 Å². The predicted octanol–water partition coefficient (Wildman–Crippen LogP) is 2.26. The Bertz CT molecular complexity index is 301. The number of halogens is 1. The van der Waals surface area contributed by atoms with E-state index in [0.29, 0.717) is 6.04 Å². The second-order valence-corrected chi connectivity index (χ2v) is 4.11. The van der Waals surface area contributed by atoms with Gasteiger partial charge in [-0.1, -0.05) is 0 Å². The molecule has 2 N–H and O–H groups in total. The van der Waals surface area contributed by atoms with E-state index in [1.807, 2.05) is 11.6 Å². The van der Waals surface area contributed by atoms with Gasteiger partial charge in [0.15, 0.2) is 0 Å². The third kappa shape index (κ3) is 1.05. The minimum atomic E-state index is 0.551. The highest BCUT2D eigenvalue weighted by Gasteiger charge is 2.23. The Balaban J connectivity index is 2.36. The number of nitrogen functional groups attached to an aromatic ring is 1. The van der Waals surface area contributed by atoms with E-state index in [0.717, 1.165) is 16.0 Å². The number of rotatable bonds is 1. The van der Waals surface area contributed by atoms with Gasteiger partial charge in [0.05, 0.1) is 16.2 Å². The molecule has 4 heteroatoms. The molecule has 3 nitrogen and oxygen atoms in total. The van der Waals surface area contributed by atoms with Gasteiger partial charge in [-0.25, -0.2) is 4.68 Å². The van der Waals surface area contributed by atoms with E-state index < -0.39 is 0 Å². The van der Waals surface area contributed by atoms with Crippen LogP contribution in [0.25, 0.3) is 0 Å². The van der Waals surface area contributed by atoms with Crippen molar-refractivity contribution in [2.75, 3.05) is 5.73 Å². The van der Waals surface area contributed by atoms with E-state index in [2.05, 4.69) is 21.0 Å². The SMILES string of the molecule is Cc1nn(C2CCC2)c(N)c1Br. The summed E-state index contributed by atoms with van der Waals surface area (Å²) in [6.45, 7) is 1.97. The number of anilines is 1. The summed E-state index contributed by atoms with van der Waals surface area (Å²) in [6.07, 6.45) is 3.75. The number of nitrogens with two attached hydrogens (primary N) is 1. The third-order valence-corrected chi connectivity index (χ3v) is 3.45. The van der Waals surface area contributed by atoms with Crippen molar-refractivity contribution >= 4 is 21.7 Å². The monoisotopic (exact) mass is 229 g/mol. The van der Waals surface area contributed by atoms with Crippen molar-refractivity contribution < 1.29 is 0 Å². The van der Waals surface area contributed by atoms with Crippen LogP contribution in [0.4, 0.5) is 5.82 Å². The molecule has 0 spiro atoms. The molecule has 0 aliphatic heterocycles. The molecule has 1 saturated carbocycles. The lowest BCUT2D eigenvalue weighted by molar-refractivity contribution is 0.292. The van der Waals surface area contributed by atoms with Crippen molar-refractivity contribution in [2.24, 2.45) is 0 Å². The third-order valence-electron chi connectivity index (χ3n) is 2.47. The fourth-order valence-electron chi connectivity index (χ4n) is 1.45. The molecule has 66 valence electrons. The highest BCUT2D eigenvalue weighted by Crippen LogP contribution is 2.35. The van der Waals surface area contributed by atoms with Crippen molar-refractivity contribution in [3.8, 4) is 0 Å². The molecule has 0 bridgehead atoms. The van der Waals surface area contributed by atoms with Crippen LogP contribution in [-0.4, -0.2) is 9.78 Å². The summed E-state index contributed by atoms with van der Waals surface area (Å²) >= 11 is 3.41. The molecule has 1 aromatic heterocycles. The lowest BCUT2D eigenvalue weighted by Crippen LogP contribution is -2.19. The molecule has 1 aromatic rings. The molecule has 1 heterocycles. The molecule has 1 aliphatic carbocycles. The van der Waals surface area contributed by atoms with Crippen LogP contribution >= 0.6 is 15.9 Å². The molecule has 0 amide bonds. The summed E-state index contributed by atoms with van der Waals surface area (Å²) in [6, 6.07) is 0.551. The molecule has 1 aliphatic rings. The van der Waals surface area contributed by atoms with Crippen LogP contribution in [0.3, 0.4) is 0 Å². The first-order valence-corrected chi connectivity index (χ1v) is 4.99. The summed E-state index contributed by atoms with van der Waals surface area (Å²) < 4.78 is 2.90. The van der Waals surface area contributed by atoms with Gasteiger partial charge in [0.2, 0.25) is 0 Å². The molecule has 12 heavy (non-hydrogen) atoms. The van der Waals surface area contributed by atoms with E-state index >= 15 is 0 Å².